The summed E-state index contributed by atoms with van der Waals surface area (Å²) >= 11 is 0. The Hall–Kier alpha value is -0.810. The van der Waals surface area contributed by atoms with Crippen molar-refractivity contribution in [3.63, 3.8) is 0 Å². The van der Waals surface area contributed by atoms with E-state index in [2.05, 4.69) is 20.0 Å². The number of hydrogen-bond acceptors (Lipinski definition) is 4. The van der Waals surface area contributed by atoms with Crippen LogP contribution in [0.25, 0.3) is 0 Å². The van der Waals surface area contributed by atoms with Gasteiger partial charge in [0.05, 0.1) is 6.04 Å². The molecule has 3 rings (SSSR count). The Morgan fingerprint density at radius 2 is 2.12 bits per heavy atom. The van der Waals surface area contributed by atoms with Gasteiger partial charge in [-0.15, -0.1) is 12.4 Å². The molecule has 1 aliphatic heterocycles. The van der Waals surface area contributed by atoms with Gasteiger partial charge in [-0.3, -0.25) is 9.51 Å². The summed E-state index contributed by atoms with van der Waals surface area (Å²) in [4.78, 5) is 13.5. The zero-order valence-corrected chi connectivity index (χ0v) is 9.76. The van der Waals surface area contributed by atoms with Crippen LogP contribution in [0.15, 0.2) is 9.32 Å². The number of fused-ring (bicyclic) bond motifs is 1. The summed E-state index contributed by atoms with van der Waals surface area (Å²) in [6.07, 6.45) is 6.29. The van der Waals surface area contributed by atoms with Gasteiger partial charge in [-0.25, -0.2) is 4.79 Å². The van der Waals surface area contributed by atoms with E-state index in [4.69, 9.17) is 0 Å². The Morgan fingerprint density at radius 1 is 1.31 bits per heavy atom. The van der Waals surface area contributed by atoms with Crippen LogP contribution in [0.3, 0.4) is 0 Å². The smallest absolute Gasteiger partial charge is 0.304 e. The minimum absolute atomic E-state index is 0. The molecule has 90 valence electrons. The molecule has 6 heteroatoms. The summed E-state index contributed by atoms with van der Waals surface area (Å²) < 4.78 is 4.53. The van der Waals surface area contributed by atoms with Crippen molar-refractivity contribution in [2.45, 2.75) is 44.2 Å². The highest BCUT2D eigenvalue weighted by Gasteiger charge is 2.37. The first-order valence-electron chi connectivity index (χ1n) is 5.65. The Kier molecular flexibility index (Phi) is 3.35. The second kappa shape index (κ2) is 4.59. The summed E-state index contributed by atoms with van der Waals surface area (Å²) in [5.41, 5.74) is 0. The summed E-state index contributed by atoms with van der Waals surface area (Å²) in [5.74, 6) is 0.958. The lowest BCUT2D eigenvalue weighted by molar-refractivity contribution is 0.325. The monoisotopic (exact) mass is 245 g/mol. The third kappa shape index (κ3) is 2.01. The molecule has 1 aliphatic carbocycles. The molecule has 0 spiro atoms. The largest absolute Gasteiger partial charge is 0.438 e. The molecule has 0 aromatic carbocycles. The van der Waals surface area contributed by atoms with Crippen molar-refractivity contribution in [3.8, 4) is 0 Å². The van der Waals surface area contributed by atoms with E-state index < -0.39 is 5.76 Å². The molecule has 1 saturated carbocycles. The Balaban J connectivity index is 0.000000963. The summed E-state index contributed by atoms with van der Waals surface area (Å²) in [7, 11) is 0. The first-order valence-corrected chi connectivity index (χ1v) is 5.65. The Bertz CT molecular complexity index is 389. The van der Waals surface area contributed by atoms with Crippen molar-refractivity contribution >= 4 is 12.4 Å². The molecule has 1 aromatic rings. The van der Waals surface area contributed by atoms with E-state index >= 15 is 0 Å². The van der Waals surface area contributed by atoms with E-state index in [0.29, 0.717) is 11.9 Å². The van der Waals surface area contributed by atoms with Crippen molar-refractivity contribution in [3.05, 3.63) is 16.4 Å². The van der Waals surface area contributed by atoms with Crippen LogP contribution in [0.2, 0.25) is 0 Å². The zero-order chi connectivity index (χ0) is 10.3. The van der Waals surface area contributed by atoms with E-state index in [0.717, 1.165) is 12.3 Å². The van der Waals surface area contributed by atoms with Gasteiger partial charge in [-0.1, -0.05) is 18.0 Å². The molecule has 3 atom stereocenters. The molecule has 1 saturated heterocycles. The molecule has 16 heavy (non-hydrogen) atoms. The van der Waals surface area contributed by atoms with Gasteiger partial charge in [0, 0.05) is 6.04 Å². The van der Waals surface area contributed by atoms with E-state index in [1.165, 1.54) is 25.7 Å². The van der Waals surface area contributed by atoms with E-state index in [1.54, 1.807) is 0 Å². The molecule has 2 N–H and O–H groups in total. The highest BCUT2D eigenvalue weighted by molar-refractivity contribution is 5.85. The maximum Gasteiger partial charge on any atom is 0.438 e. The highest BCUT2D eigenvalue weighted by atomic mass is 35.5. The highest BCUT2D eigenvalue weighted by Crippen LogP contribution is 2.37. The molecule has 3 unspecified atom stereocenters. The van der Waals surface area contributed by atoms with Crippen molar-refractivity contribution in [2.24, 2.45) is 5.92 Å². The fraction of sp³-hybridized carbons (Fsp3) is 0.800. The van der Waals surface area contributed by atoms with Gasteiger partial charge in [0.1, 0.15) is 0 Å². The fourth-order valence-electron chi connectivity index (χ4n) is 2.92. The fourth-order valence-corrected chi connectivity index (χ4v) is 2.92. The topological polar surface area (TPSA) is 70.9 Å². The molecule has 1 aromatic heterocycles. The van der Waals surface area contributed by atoms with Crippen molar-refractivity contribution in [2.75, 3.05) is 0 Å². The minimum atomic E-state index is -0.457. The molecular formula is C10H16ClN3O2. The Labute approximate surface area is 99.4 Å². The van der Waals surface area contributed by atoms with Gasteiger partial charge >= 0.3 is 5.76 Å². The van der Waals surface area contributed by atoms with E-state index in [1.807, 2.05) is 0 Å². The van der Waals surface area contributed by atoms with Gasteiger partial charge < -0.3 is 5.32 Å². The summed E-state index contributed by atoms with van der Waals surface area (Å²) in [6.45, 7) is 0. The second-order valence-electron chi connectivity index (χ2n) is 4.59. The van der Waals surface area contributed by atoms with Crippen LogP contribution in [-0.2, 0) is 0 Å². The average molecular weight is 246 g/mol. The SMILES string of the molecule is Cl.O=c1[nH]c(C2CC3CCCCC3N2)no1. The molecule has 2 aliphatic rings. The lowest BCUT2D eigenvalue weighted by Crippen LogP contribution is -2.30. The zero-order valence-electron chi connectivity index (χ0n) is 8.94. The molecule has 0 bridgehead atoms. The number of rotatable bonds is 1. The average Bonchev–Trinajstić information content (AvgIpc) is 2.82. The van der Waals surface area contributed by atoms with Crippen LogP contribution >= 0.6 is 12.4 Å². The van der Waals surface area contributed by atoms with E-state index in [9.17, 15) is 4.79 Å². The molecule has 2 fully saturated rings. The lowest BCUT2D eigenvalue weighted by Gasteiger charge is -2.24. The number of aromatic amines is 1. The maximum absolute atomic E-state index is 10.8. The number of nitrogens with one attached hydrogen (secondary N) is 2. The first kappa shape index (κ1) is 11.7. The number of aromatic nitrogens is 2. The van der Waals surface area contributed by atoms with Crippen LogP contribution in [-0.4, -0.2) is 16.2 Å². The maximum atomic E-state index is 10.8. The van der Waals surface area contributed by atoms with Crippen molar-refractivity contribution < 1.29 is 4.52 Å². The summed E-state index contributed by atoms with van der Waals surface area (Å²) in [6, 6.07) is 0.800. The number of nitrogens with zero attached hydrogens (tertiary/aromatic N) is 1. The normalized spacial score (nSPS) is 33.1. The molecule has 5 nitrogen and oxygen atoms in total. The Morgan fingerprint density at radius 3 is 2.81 bits per heavy atom. The lowest BCUT2D eigenvalue weighted by atomic mass is 9.85. The predicted molar refractivity (Wildman–Crippen MR) is 60.6 cm³/mol. The van der Waals surface area contributed by atoms with Gasteiger partial charge in [-0.05, 0) is 25.2 Å². The molecule has 0 radical (unpaired) electrons. The number of halogens is 1. The third-order valence-corrected chi connectivity index (χ3v) is 3.65. The van der Waals surface area contributed by atoms with Crippen LogP contribution in [0, 0.1) is 5.92 Å². The van der Waals surface area contributed by atoms with Crippen LogP contribution < -0.4 is 11.1 Å². The van der Waals surface area contributed by atoms with Crippen LogP contribution in [0.5, 0.6) is 0 Å². The van der Waals surface area contributed by atoms with Crippen LogP contribution in [0.4, 0.5) is 0 Å². The molecular weight excluding hydrogens is 230 g/mol. The van der Waals surface area contributed by atoms with Gasteiger partial charge in [0.25, 0.3) is 0 Å². The predicted octanol–water partition coefficient (Wildman–Crippen LogP) is 1.38. The van der Waals surface area contributed by atoms with Crippen molar-refractivity contribution in [1.29, 1.82) is 0 Å². The van der Waals surface area contributed by atoms with Gasteiger partial charge in [0.2, 0.25) is 0 Å². The van der Waals surface area contributed by atoms with Crippen molar-refractivity contribution in [1.82, 2.24) is 15.5 Å². The number of H-pyrrole nitrogens is 1. The quantitative estimate of drug-likeness (QED) is 0.784. The second-order valence-corrected chi connectivity index (χ2v) is 4.59. The standard InChI is InChI=1S/C10H15N3O2.ClH/c14-10-12-9(13-15-10)8-5-6-3-1-2-4-7(6)11-8;/h6-8,11H,1-5H2,(H,12,13,14);1H. The van der Waals surface area contributed by atoms with Gasteiger partial charge in [0.15, 0.2) is 5.82 Å². The van der Waals surface area contributed by atoms with E-state index in [-0.39, 0.29) is 18.4 Å². The summed E-state index contributed by atoms with van der Waals surface area (Å²) in [5, 5.41) is 7.28. The number of hydrogen-bond donors (Lipinski definition) is 2. The molecule has 2 heterocycles. The molecule has 0 amide bonds. The van der Waals surface area contributed by atoms with Crippen LogP contribution in [0.1, 0.15) is 44.0 Å². The third-order valence-electron chi connectivity index (χ3n) is 3.65. The van der Waals surface area contributed by atoms with Gasteiger partial charge in [-0.2, -0.15) is 0 Å². The first-order chi connectivity index (χ1) is 7.33. The minimum Gasteiger partial charge on any atom is -0.304 e.